The zero-order valence-electron chi connectivity index (χ0n) is 13.8. The summed E-state index contributed by atoms with van der Waals surface area (Å²) in [6, 6.07) is 4.56. The number of aryl methyl sites for hydroxylation is 1. The number of nitro groups is 1. The van der Waals surface area contributed by atoms with Crippen LogP contribution in [-0.4, -0.2) is 71.7 Å². The van der Waals surface area contributed by atoms with Crippen LogP contribution < -0.4 is 4.74 Å². The van der Waals surface area contributed by atoms with Gasteiger partial charge in [-0.2, -0.15) is 0 Å². The second-order valence-electron chi connectivity index (χ2n) is 5.75. The van der Waals surface area contributed by atoms with Crippen molar-refractivity contribution in [2.45, 2.75) is 13.3 Å². The molecular formula is C16H23N3O5. The van der Waals surface area contributed by atoms with Crippen molar-refractivity contribution < 1.29 is 19.6 Å². The smallest absolute Gasteiger partial charge is 0.272 e. The monoisotopic (exact) mass is 337 g/mol. The van der Waals surface area contributed by atoms with Gasteiger partial charge < -0.3 is 14.7 Å². The average Bonchev–Trinajstić information content (AvgIpc) is 2.55. The summed E-state index contributed by atoms with van der Waals surface area (Å²) in [7, 11) is 0. The third kappa shape index (κ3) is 4.90. The molecule has 8 nitrogen and oxygen atoms in total. The number of piperazine rings is 1. The number of nitrogens with zero attached hydrogens (tertiary/aromatic N) is 3. The van der Waals surface area contributed by atoms with Crippen LogP contribution in [0.2, 0.25) is 0 Å². The molecule has 1 aromatic rings. The number of ether oxygens (including phenoxy) is 1. The Labute approximate surface area is 140 Å². The van der Waals surface area contributed by atoms with Gasteiger partial charge in [-0.25, -0.2) is 0 Å². The van der Waals surface area contributed by atoms with Crippen LogP contribution in [0.15, 0.2) is 18.2 Å². The Balaban J connectivity index is 1.75. The lowest BCUT2D eigenvalue weighted by molar-refractivity contribution is -0.385. The van der Waals surface area contributed by atoms with Gasteiger partial charge in [0.2, 0.25) is 5.91 Å². The number of hydrogen-bond acceptors (Lipinski definition) is 6. The maximum absolute atomic E-state index is 12.2. The van der Waals surface area contributed by atoms with Gasteiger partial charge in [0, 0.05) is 44.4 Å². The van der Waals surface area contributed by atoms with E-state index in [0.29, 0.717) is 30.9 Å². The zero-order chi connectivity index (χ0) is 17.5. The normalized spacial score (nSPS) is 15.3. The molecule has 2 rings (SSSR count). The number of carbonyl (C=O) groups is 1. The SMILES string of the molecule is Cc1cc(OCCC(=O)N2CCN(CCO)CC2)ccc1[N+](=O)[O-]. The highest BCUT2D eigenvalue weighted by Crippen LogP contribution is 2.23. The molecular weight excluding hydrogens is 314 g/mol. The second kappa shape index (κ2) is 8.60. The highest BCUT2D eigenvalue weighted by atomic mass is 16.6. The van der Waals surface area contributed by atoms with Crippen LogP contribution in [-0.2, 0) is 4.79 Å². The number of β-amino-alcohol motifs (C(OH)–C–C–N with tert-alkyl or cyclic N) is 1. The molecule has 0 saturated carbocycles. The summed E-state index contributed by atoms with van der Waals surface area (Å²) in [4.78, 5) is 26.4. The molecule has 132 valence electrons. The summed E-state index contributed by atoms with van der Waals surface area (Å²) in [5, 5.41) is 19.7. The number of carbonyl (C=O) groups excluding carboxylic acids is 1. The Hall–Kier alpha value is -2.19. The minimum Gasteiger partial charge on any atom is -0.493 e. The maximum atomic E-state index is 12.2. The first kappa shape index (κ1) is 18.2. The molecule has 0 unspecified atom stereocenters. The molecule has 0 spiro atoms. The minimum absolute atomic E-state index is 0.0392. The molecule has 8 heteroatoms. The van der Waals surface area contributed by atoms with Gasteiger partial charge in [0.05, 0.1) is 24.6 Å². The molecule has 1 heterocycles. The molecule has 0 aromatic heterocycles. The highest BCUT2D eigenvalue weighted by Gasteiger charge is 2.20. The molecule has 1 fully saturated rings. The Bertz CT molecular complexity index is 585. The minimum atomic E-state index is -0.431. The summed E-state index contributed by atoms with van der Waals surface area (Å²) in [6.45, 7) is 5.55. The van der Waals surface area contributed by atoms with Crippen molar-refractivity contribution >= 4 is 11.6 Å². The third-order valence-corrected chi connectivity index (χ3v) is 4.09. The summed E-state index contributed by atoms with van der Waals surface area (Å²) in [5.41, 5.74) is 0.586. The van der Waals surface area contributed by atoms with Gasteiger partial charge in [0.1, 0.15) is 5.75 Å². The van der Waals surface area contributed by atoms with E-state index in [0.717, 1.165) is 13.1 Å². The lowest BCUT2D eigenvalue weighted by atomic mass is 10.2. The van der Waals surface area contributed by atoms with Gasteiger partial charge in [-0.1, -0.05) is 0 Å². The molecule has 1 saturated heterocycles. The Morgan fingerprint density at radius 1 is 1.33 bits per heavy atom. The number of amides is 1. The predicted octanol–water partition coefficient (Wildman–Crippen LogP) is 0.809. The van der Waals surface area contributed by atoms with Crippen molar-refractivity contribution in [2.75, 3.05) is 45.9 Å². The number of benzene rings is 1. The van der Waals surface area contributed by atoms with E-state index in [1.807, 2.05) is 0 Å². The molecule has 24 heavy (non-hydrogen) atoms. The molecule has 1 aromatic carbocycles. The number of aliphatic hydroxyl groups excluding tert-OH is 1. The maximum Gasteiger partial charge on any atom is 0.272 e. The fourth-order valence-corrected chi connectivity index (χ4v) is 2.70. The van der Waals surface area contributed by atoms with E-state index in [2.05, 4.69) is 4.90 Å². The molecule has 0 radical (unpaired) electrons. The zero-order valence-corrected chi connectivity index (χ0v) is 13.8. The van der Waals surface area contributed by atoms with E-state index < -0.39 is 4.92 Å². The van der Waals surface area contributed by atoms with Crippen LogP contribution in [0.1, 0.15) is 12.0 Å². The Kier molecular flexibility index (Phi) is 6.51. The lowest BCUT2D eigenvalue weighted by Gasteiger charge is -2.34. The average molecular weight is 337 g/mol. The van der Waals surface area contributed by atoms with Crippen LogP contribution >= 0.6 is 0 Å². The van der Waals surface area contributed by atoms with Gasteiger partial charge in [0.15, 0.2) is 0 Å². The largest absolute Gasteiger partial charge is 0.493 e. The van der Waals surface area contributed by atoms with Crippen LogP contribution in [0.25, 0.3) is 0 Å². The number of nitro benzene ring substituents is 1. The topological polar surface area (TPSA) is 96.2 Å². The van der Waals surface area contributed by atoms with Gasteiger partial charge in [-0.05, 0) is 19.1 Å². The first-order valence-corrected chi connectivity index (χ1v) is 8.00. The van der Waals surface area contributed by atoms with E-state index in [9.17, 15) is 14.9 Å². The first-order valence-electron chi connectivity index (χ1n) is 8.00. The molecule has 0 atom stereocenters. The molecule has 1 aliphatic heterocycles. The van der Waals surface area contributed by atoms with Crippen LogP contribution in [0, 0.1) is 17.0 Å². The third-order valence-electron chi connectivity index (χ3n) is 4.09. The number of hydrogen-bond donors (Lipinski definition) is 1. The van der Waals surface area contributed by atoms with Crippen molar-refractivity contribution in [3.8, 4) is 5.75 Å². The number of aliphatic hydroxyl groups is 1. The van der Waals surface area contributed by atoms with Gasteiger partial charge in [-0.3, -0.25) is 19.8 Å². The van der Waals surface area contributed by atoms with Crippen LogP contribution in [0.5, 0.6) is 5.75 Å². The first-order chi connectivity index (χ1) is 11.5. The molecule has 0 aliphatic carbocycles. The van der Waals surface area contributed by atoms with Gasteiger partial charge in [0.25, 0.3) is 5.69 Å². The summed E-state index contributed by atoms with van der Waals surface area (Å²) < 4.78 is 5.53. The fourth-order valence-electron chi connectivity index (χ4n) is 2.70. The van der Waals surface area contributed by atoms with Crippen LogP contribution in [0.4, 0.5) is 5.69 Å². The molecule has 1 N–H and O–H groups in total. The second-order valence-corrected chi connectivity index (χ2v) is 5.75. The van der Waals surface area contributed by atoms with E-state index in [1.165, 1.54) is 6.07 Å². The van der Waals surface area contributed by atoms with E-state index in [1.54, 1.807) is 24.0 Å². The standard InChI is InChI=1S/C16H23N3O5/c1-13-12-14(2-3-15(13)19(22)23)24-11-4-16(21)18-7-5-17(6-8-18)9-10-20/h2-3,12,20H,4-11H2,1H3. The van der Waals surface area contributed by atoms with Crippen molar-refractivity contribution in [3.05, 3.63) is 33.9 Å². The van der Waals surface area contributed by atoms with Crippen molar-refractivity contribution in [2.24, 2.45) is 0 Å². The van der Waals surface area contributed by atoms with Crippen LogP contribution in [0.3, 0.4) is 0 Å². The lowest BCUT2D eigenvalue weighted by Crippen LogP contribution is -2.49. The quantitative estimate of drug-likeness (QED) is 0.584. The fraction of sp³-hybridized carbons (Fsp3) is 0.562. The highest BCUT2D eigenvalue weighted by molar-refractivity contribution is 5.76. The Morgan fingerprint density at radius 2 is 2.04 bits per heavy atom. The van der Waals surface area contributed by atoms with E-state index in [4.69, 9.17) is 9.84 Å². The van der Waals surface area contributed by atoms with Crippen molar-refractivity contribution in [3.63, 3.8) is 0 Å². The van der Waals surface area contributed by atoms with E-state index >= 15 is 0 Å². The predicted molar refractivity (Wildman–Crippen MR) is 88.1 cm³/mol. The number of rotatable bonds is 7. The molecule has 0 bridgehead atoms. The van der Waals surface area contributed by atoms with E-state index in [-0.39, 0.29) is 31.2 Å². The summed E-state index contributed by atoms with van der Waals surface area (Å²) in [5.74, 6) is 0.566. The van der Waals surface area contributed by atoms with Crippen molar-refractivity contribution in [1.82, 2.24) is 9.80 Å². The van der Waals surface area contributed by atoms with Gasteiger partial charge >= 0.3 is 0 Å². The molecule has 1 amide bonds. The Morgan fingerprint density at radius 3 is 2.62 bits per heavy atom. The molecule has 1 aliphatic rings. The summed E-state index contributed by atoms with van der Waals surface area (Å²) >= 11 is 0. The van der Waals surface area contributed by atoms with Gasteiger partial charge in [-0.15, -0.1) is 0 Å². The van der Waals surface area contributed by atoms with Crippen molar-refractivity contribution in [1.29, 1.82) is 0 Å². The summed E-state index contributed by atoms with van der Waals surface area (Å²) in [6.07, 6.45) is 0.274.